The maximum Gasteiger partial charge on any atom is 0.0780 e. The van der Waals surface area contributed by atoms with E-state index in [9.17, 15) is 0 Å². The quantitative estimate of drug-likeness (QED) is 0.726. The Morgan fingerprint density at radius 3 is 2.90 bits per heavy atom. The molecule has 0 saturated carbocycles. The van der Waals surface area contributed by atoms with Crippen molar-refractivity contribution in [3.8, 4) is 0 Å². The molecule has 0 bridgehead atoms. The fraction of sp³-hybridized carbons (Fsp3) is 0.167. The minimum atomic E-state index is 0.513. The van der Waals surface area contributed by atoms with Crippen molar-refractivity contribution >= 4 is 40.1 Å². The molecule has 0 radical (unpaired) electrons. The molecule has 0 unspecified atom stereocenters. The summed E-state index contributed by atoms with van der Waals surface area (Å²) in [7, 11) is 0. The van der Waals surface area contributed by atoms with Crippen molar-refractivity contribution in [3.05, 3.63) is 21.3 Å². The third kappa shape index (κ3) is 2.25. The van der Waals surface area contributed by atoms with Crippen LogP contribution in [0, 0.1) is 0 Å². The molecule has 0 aliphatic heterocycles. The van der Waals surface area contributed by atoms with E-state index < -0.39 is 0 Å². The van der Waals surface area contributed by atoms with E-state index >= 15 is 0 Å². The van der Waals surface area contributed by atoms with Gasteiger partial charge in [-0.05, 0) is 6.07 Å². The first-order valence-corrected chi connectivity index (χ1v) is 4.36. The SMILES string of the molecule is NC(=S)Cc1cc(Cl)cs1. The smallest absolute Gasteiger partial charge is 0.0780 e. The van der Waals surface area contributed by atoms with Crippen LogP contribution in [0.25, 0.3) is 0 Å². The molecule has 0 saturated heterocycles. The summed E-state index contributed by atoms with van der Waals surface area (Å²) >= 11 is 12.0. The van der Waals surface area contributed by atoms with E-state index in [-0.39, 0.29) is 0 Å². The lowest BCUT2D eigenvalue weighted by Crippen LogP contribution is -2.09. The maximum atomic E-state index is 5.67. The molecular formula is C6H6ClNS2. The second kappa shape index (κ2) is 3.32. The third-order valence-electron chi connectivity index (χ3n) is 0.970. The number of hydrogen-bond acceptors (Lipinski definition) is 2. The largest absolute Gasteiger partial charge is 0.393 e. The van der Waals surface area contributed by atoms with Gasteiger partial charge in [0.2, 0.25) is 0 Å². The van der Waals surface area contributed by atoms with Crippen LogP contribution in [-0.4, -0.2) is 4.99 Å². The molecule has 0 atom stereocenters. The van der Waals surface area contributed by atoms with E-state index in [1.807, 2.05) is 11.4 Å². The van der Waals surface area contributed by atoms with Crippen LogP contribution in [-0.2, 0) is 6.42 Å². The van der Waals surface area contributed by atoms with Gasteiger partial charge in [-0.15, -0.1) is 11.3 Å². The normalized spacial score (nSPS) is 9.70. The average molecular weight is 192 g/mol. The first-order valence-electron chi connectivity index (χ1n) is 2.69. The molecule has 0 amide bonds. The van der Waals surface area contributed by atoms with Crippen molar-refractivity contribution in [2.24, 2.45) is 5.73 Å². The van der Waals surface area contributed by atoms with Gasteiger partial charge in [0.05, 0.1) is 10.0 Å². The molecule has 0 aliphatic rings. The summed E-state index contributed by atoms with van der Waals surface area (Å²) in [5, 5.41) is 2.63. The number of halogens is 1. The van der Waals surface area contributed by atoms with E-state index in [0.29, 0.717) is 11.4 Å². The summed E-state index contributed by atoms with van der Waals surface area (Å²) in [5.74, 6) is 0. The van der Waals surface area contributed by atoms with E-state index in [2.05, 4.69) is 0 Å². The van der Waals surface area contributed by atoms with Gasteiger partial charge in [-0.25, -0.2) is 0 Å². The molecular weight excluding hydrogens is 186 g/mol. The van der Waals surface area contributed by atoms with Crippen molar-refractivity contribution in [2.45, 2.75) is 6.42 Å². The van der Waals surface area contributed by atoms with E-state index in [1.54, 1.807) is 11.3 Å². The van der Waals surface area contributed by atoms with Crippen LogP contribution in [0.5, 0.6) is 0 Å². The highest BCUT2D eigenvalue weighted by atomic mass is 35.5. The van der Waals surface area contributed by atoms with E-state index in [1.165, 1.54) is 0 Å². The second-order valence-corrected chi connectivity index (χ2v) is 3.83. The Labute approximate surface area is 73.8 Å². The molecule has 0 spiro atoms. The number of thiophene rings is 1. The topological polar surface area (TPSA) is 26.0 Å². The molecule has 1 aromatic rings. The summed E-state index contributed by atoms with van der Waals surface area (Å²) in [4.78, 5) is 1.64. The predicted octanol–water partition coefficient (Wildman–Crippen LogP) is 2.23. The molecule has 1 heterocycles. The Balaban J connectivity index is 2.67. The zero-order chi connectivity index (χ0) is 7.56. The van der Waals surface area contributed by atoms with Crippen molar-refractivity contribution in [2.75, 3.05) is 0 Å². The monoisotopic (exact) mass is 191 g/mol. The molecule has 1 nitrogen and oxygen atoms in total. The van der Waals surface area contributed by atoms with Gasteiger partial charge in [-0.2, -0.15) is 0 Å². The maximum absolute atomic E-state index is 5.67. The van der Waals surface area contributed by atoms with Crippen LogP contribution >= 0.6 is 35.2 Å². The van der Waals surface area contributed by atoms with E-state index in [0.717, 1.165) is 9.90 Å². The van der Waals surface area contributed by atoms with Gasteiger partial charge >= 0.3 is 0 Å². The highest BCUT2D eigenvalue weighted by Crippen LogP contribution is 2.19. The number of hydrogen-bond donors (Lipinski definition) is 1. The molecule has 0 fully saturated rings. The van der Waals surface area contributed by atoms with Crippen molar-refractivity contribution in [1.29, 1.82) is 0 Å². The van der Waals surface area contributed by atoms with Crippen LogP contribution in [0.3, 0.4) is 0 Å². The molecule has 54 valence electrons. The molecule has 4 heteroatoms. The zero-order valence-electron chi connectivity index (χ0n) is 5.13. The van der Waals surface area contributed by atoms with Gasteiger partial charge in [-0.3, -0.25) is 0 Å². The van der Waals surface area contributed by atoms with Gasteiger partial charge in [0.15, 0.2) is 0 Å². The Hall–Kier alpha value is -0.120. The fourth-order valence-corrected chi connectivity index (χ4v) is 1.96. The lowest BCUT2D eigenvalue weighted by atomic mass is 10.3. The number of rotatable bonds is 2. The molecule has 1 aromatic heterocycles. The summed E-state index contributed by atoms with van der Waals surface area (Å²) in [6.07, 6.45) is 0.659. The molecule has 0 aliphatic carbocycles. The summed E-state index contributed by atoms with van der Waals surface area (Å²) in [5.41, 5.74) is 5.33. The average Bonchev–Trinajstić information content (AvgIpc) is 2.13. The van der Waals surface area contributed by atoms with Gasteiger partial charge in [0, 0.05) is 16.7 Å². The van der Waals surface area contributed by atoms with Crippen LogP contribution in [0.4, 0.5) is 0 Å². The predicted molar refractivity (Wildman–Crippen MR) is 49.8 cm³/mol. The van der Waals surface area contributed by atoms with Crippen molar-refractivity contribution in [1.82, 2.24) is 0 Å². The van der Waals surface area contributed by atoms with Crippen LogP contribution < -0.4 is 5.73 Å². The highest BCUT2D eigenvalue weighted by Gasteiger charge is 1.97. The summed E-state index contributed by atoms with van der Waals surface area (Å²) in [6, 6.07) is 1.88. The van der Waals surface area contributed by atoms with Gasteiger partial charge in [0.1, 0.15) is 0 Å². The van der Waals surface area contributed by atoms with Gasteiger partial charge in [-0.1, -0.05) is 23.8 Å². The Bertz CT molecular complexity index is 244. The summed E-state index contributed by atoms with van der Waals surface area (Å²) < 4.78 is 0. The zero-order valence-corrected chi connectivity index (χ0v) is 7.52. The van der Waals surface area contributed by atoms with Crippen LogP contribution in [0.1, 0.15) is 4.88 Å². The lowest BCUT2D eigenvalue weighted by molar-refractivity contribution is 1.41. The molecule has 1 rings (SSSR count). The third-order valence-corrected chi connectivity index (χ3v) is 2.40. The highest BCUT2D eigenvalue weighted by molar-refractivity contribution is 7.80. The van der Waals surface area contributed by atoms with Crippen molar-refractivity contribution in [3.63, 3.8) is 0 Å². The van der Waals surface area contributed by atoms with E-state index in [4.69, 9.17) is 29.6 Å². The number of thiocarbonyl (C=S) groups is 1. The van der Waals surface area contributed by atoms with Gasteiger partial charge < -0.3 is 5.73 Å². The Kier molecular flexibility index (Phi) is 2.65. The first-order chi connectivity index (χ1) is 4.68. The Morgan fingerprint density at radius 2 is 2.50 bits per heavy atom. The minimum absolute atomic E-state index is 0.513. The summed E-state index contributed by atoms with van der Waals surface area (Å²) in [6.45, 7) is 0. The van der Waals surface area contributed by atoms with Crippen LogP contribution in [0.15, 0.2) is 11.4 Å². The standard InChI is InChI=1S/C6H6ClNS2/c7-4-1-5(10-3-4)2-6(8)9/h1,3H,2H2,(H2,8,9). The lowest BCUT2D eigenvalue weighted by Gasteiger charge is -1.90. The molecule has 2 N–H and O–H groups in total. The first kappa shape index (κ1) is 7.98. The fourth-order valence-electron chi connectivity index (χ4n) is 0.618. The van der Waals surface area contributed by atoms with Crippen LogP contribution in [0.2, 0.25) is 5.02 Å². The van der Waals surface area contributed by atoms with Gasteiger partial charge in [0.25, 0.3) is 0 Å². The Morgan fingerprint density at radius 1 is 1.80 bits per heavy atom. The minimum Gasteiger partial charge on any atom is -0.393 e. The number of nitrogens with two attached hydrogens (primary N) is 1. The van der Waals surface area contributed by atoms with Crippen molar-refractivity contribution < 1.29 is 0 Å². The molecule has 0 aromatic carbocycles. The second-order valence-electron chi connectivity index (χ2n) is 1.87. The molecule has 10 heavy (non-hydrogen) atoms.